The van der Waals surface area contributed by atoms with Gasteiger partial charge in [-0.3, -0.25) is 9.59 Å². The van der Waals surface area contributed by atoms with Crippen molar-refractivity contribution in [1.29, 1.82) is 0 Å². The molecule has 122 valence electrons. The Balaban J connectivity index is 1.74. The smallest absolute Gasteiger partial charge is 0.222 e. The van der Waals surface area contributed by atoms with Gasteiger partial charge >= 0.3 is 0 Å². The van der Waals surface area contributed by atoms with E-state index in [1.165, 1.54) is 0 Å². The molecule has 0 amide bonds. The topological polar surface area (TPSA) is 60.4 Å². The van der Waals surface area contributed by atoms with Crippen LogP contribution in [0, 0.1) is 0 Å². The van der Waals surface area contributed by atoms with Crippen LogP contribution >= 0.6 is 0 Å². The average Bonchev–Trinajstić information content (AvgIpc) is 3.23. The molecule has 2 aliphatic rings. The monoisotopic (exact) mass is 338 g/mol. The van der Waals surface area contributed by atoms with Crippen LogP contribution in [0.5, 0.6) is 0 Å². The summed E-state index contributed by atoms with van der Waals surface area (Å²) in [5.74, 6) is 0.165. The summed E-state index contributed by atoms with van der Waals surface area (Å²) in [6.45, 7) is 0. The van der Waals surface area contributed by atoms with E-state index in [1.807, 2.05) is 48.5 Å². The van der Waals surface area contributed by atoms with Gasteiger partial charge in [0.1, 0.15) is 11.2 Å². The lowest BCUT2D eigenvalue weighted by molar-refractivity contribution is 0.101. The van der Waals surface area contributed by atoms with Crippen molar-refractivity contribution in [3.05, 3.63) is 83.3 Å². The van der Waals surface area contributed by atoms with Crippen molar-refractivity contribution in [2.45, 2.75) is 0 Å². The van der Waals surface area contributed by atoms with Gasteiger partial charge in [0.2, 0.25) is 11.6 Å². The molecule has 2 heterocycles. The molecule has 2 aromatic heterocycles. The Hall–Kier alpha value is -3.66. The Morgan fingerprint density at radius 3 is 1.46 bits per heavy atom. The second-order valence-electron chi connectivity index (χ2n) is 6.45. The minimum Gasteiger partial charge on any atom is -0.452 e. The second-order valence-corrected chi connectivity index (χ2v) is 6.45. The molecule has 6 rings (SSSR count). The predicted molar refractivity (Wildman–Crippen MR) is 97.0 cm³/mol. The number of rotatable bonds is 0. The molecule has 0 saturated carbocycles. The van der Waals surface area contributed by atoms with E-state index in [2.05, 4.69) is 0 Å². The Kier molecular flexibility index (Phi) is 2.35. The number of ketones is 2. The third kappa shape index (κ3) is 1.54. The van der Waals surface area contributed by atoms with Gasteiger partial charge < -0.3 is 8.83 Å². The highest BCUT2D eigenvalue weighted by molar-refractivity contribution is 6.34. The number of benzene rings is 2. The summed E-state index contributed by atoms with van der Waals surface area (Å²) in [6.07, 6.45) is 3.09. The van der Waals surface area contributed by atoms with Gasteiger partial charge in [-0.25, -0.2) is 0 Å². The summed E-state index contributed by atoms with van der Waals surface area (Å²) >= 11 is 0. The number of hydrogen-bond donors (Lipinski definition) is 0. The molecular weight excluding hydrogens is 328 g/mol. The maximum Gasteiger partial charge on any atom is 0.222 e. The van der Waals surface area contributed by atoms with E-state index in [9.17, 15) is 9.59 Å². The van der Waals surface area contributed by atoms with Crippen molar-refractivity contribution in [3.63, 3.8) is 0 Å². The quantitative estimate of drug-likeness (QED) is 0.451. The molecule has 0 fully saturated rings. The average molecular weight is 338 g/mol. The van der Waals surface area contributed by atoms with Crippen molar-refractivity contribution in [1.82, 2.24) is 0 Å². The minimum absolute atomic E-state index is 0.200. The maximum atomic E-state index is 12.7. The lowest BCUT2D eigenvalue weighted by Gasteiger charge is -2.20. The van der Waals surface area contributed by atoms with Gasteiger partial charge in [-0.2, -0.15) is 0 Å². The highest BCUT2D eigenvalue weighted by atomic mass is 16.3. The Morgan fingerprint density at radius 1 is 0.577 bits per heavy atom. The fourth-order valence-corrected chi connectivity index (χ4v) is 3.94. The molecule has 0 radical (unpaired) electrons. The first kappa shape index (κ1) is 13.6. The summed E-state index contributed by atoms with van der Waals surface area (Å²) in [5.41, 5.74) is 4.08. The number of para-hydroxylation sites is 2. The van der Waals surface area contributed by atoms with Gasteiger partial charge in [-0.1, -0.05) is 36.4 Å². The second kappa shape index (κ2) is 4.49. The molecule has 0 atom stereocenters. The molecule has 0 unspecified atom stereocenters. The fraction of sp³-hybridized carbons (Fsp3) is 0. The molecule has 4 heteroatoms. The SMILES string of the molecule is O=C1C=C2C(=CC(=O)c3oc4ccccc4c32)c2c1oc1ccccc21. The number of carbonyl (C=O) groups is 2. The summed E-state index contributed by atoms with van der Waals surface area (Å²) < 4.78 is 11.5. The summed E-state index contributed by atoms with van der Waals surface area (Å²) in [7, 11) is 0. The van der Waals surface area contributed by atoms with Gasteiger partial charge in [-0.15, -0.1) is 0 Å². The van der Waals surface area contributed by atoms with Crippen LogP contribution in [0.1, 0.15) is 32.2 Å². The summed E-state index contributed by atoms with van der Waals surface area (Å²) in [5, 5.41) is 1.66. The van der Waals surface area contributed by atoms with E-state index < -0.39 is 0 Å². The first-order chi connectivity index (χ1) is 12.7. The zero-order valence-electron chi connectivity index (χ0n) is 13.4. The highest BCUT2D eigenvalue weighted by Crippen LogP contribution is 2.48. The first-order valence-electron chi connectivity index (χ1n) is 8.28. The molecule has 0 aliphatic heterocycles. The Labute approximate surface area is 147 Å². The van der Waals surface area contributed by atoms with E-state index >= 15 is 0 Å². The predicted octanol–water partition coefficient (Wildman–Crippen LogP) is 5.04. The molecule has 2 aliphatic carbocycles. The molecule has 0 bridgehead atoms. The maximum absolute atomic E-state index is 12.7. The lowest BCUT2D eigenvalue weighted by Crippen LogP contribution is -2.13. The van der Waals surface area contributed by atoms with E-state index in [0.717, 1.165) is 10.8 Å². The largest absolute Gasteiger partial charge is 0.452 e. The highest BCUT2D eigenvalue weighted by Gasteiger charge is 2.36. The van der Waals surface area contributed by atoms with Gasteiger partial charge in [-0.05, 0) is 35.4 Å². The van der Waals surface area contributed by atoms with Crippen LogP contribution in [-0.4, -0.2) is 11.6 Å². The molecule has 2 aromatic carbocycles. The molecule has 0 saturated heterocycles. The molecule has 26 heavy (non-hydrogen) atoms. The van der Waals surface area contributed by atoms with Crippen LogP contribution in [-0.2, 0) is 0 Å². The zero-order valence-corrected chi connectivity index (χ0v) is 13.4. The standard InChI is InChI=1S/C22H10O4/c23-15-10-14-13(19-11-5-1-3-7-17(11)25-21(15)19)9-16(24)22-20(14)12-6-2-4-8-18(12)26-22/h1-10H. The van der Waals surface area contributed by atoms with E-state index in [-0.39, 0.29) is 23.1 Å². The number of allylic oxidation sites excluding steroid dienone is 4. The van der Waals surface area contributed by atoms with Crippen molar-refractivity contribution in [2.75, 3.05) is 0 Å². The van der Waals surface area contributed by atoms with Crippen molar-refractivity contribution >= 4 is 44.7 Å². The fourth-order valence-electron chi connectivity index (χ4n) is 3.94. The third-order valence-corrected chi connectivity index (χ3v) is 5.02. The molecule has 0 N–H and O–H groups in total. The van der Waals surface area contributed by atoms with E-state index in [4.69, 9.17) is 8.83 Å². The number of fused-ring (bicyclic) bond motifs is 9. The van der Waals surface area contributed by atoms with E-state index in [0.29, 0.717) is 33.4 Å². The van der Waals surface area contributed by atoms with E-state index in [1.54, 1.807) is 12.2 Å². The number of carbonyl (C=O) groups excluding carboxylic acids is 2. The van der Waals surface area contributed by atoms with Crippen LogP contribution in [0.4, 0.5) is 0 Å². The van der Waals surface area contributed by atoms with Crippen molar-refractivity contribution in [2.24, 2.45) is 0 Å². The van der Waals surface area contributed by atoms with Crippen molar-refractivity contribution < 1.29 is 18.4 Å². The molecular formula is C22H10O4. The van der Waals surface area contributed by atoms with Gasteiger partial charge in [0.25, 0.3) is 0 Å². The van der Waals surface area contributed by atoms with Crippen molar-refractivity contribution in [3.8, 4) is 0 Å². The van der Waals surface area contributed by atoms with Crippen LogP contribution in [0.3, 0.4) is 0 Å². The molecule has 4 aromatic rings. The van der Waals surface area contributed by atoms with Crippen LogP contribution < -0.4 is 0 Å². The van der Waals surface area contributed by atoms with Crippen LogP contribution in [0.15, 0.2) is 69.5 Å². The number of hydrogen-bond acceptors (Lipinski definition) is 4. The lowest BCUT2D eigenvalue weighted by atomic mass is 9.80. The zero-order chi connectivity index (χ0) is 17.4. The van der Waals surface area contributed by atoms with Gasteiger partial charge in [0.15, 0.2) is 11.5 Å². The van der Waals surface area contributed by atoms with Crippen LogP contribution in [0.2, 0.25) is 0 Å². The normalized spacial score (nSPS) is 15.5. The molecule has 0 spiro atoms. The Bertz CT molecular complexity index is 1250. The van der Waals surface area contributed by atoms with Gasteiger partial charge in [0.05, 0.1) is 0 Å². The van der Waals surface area contributed by atoms with Gasteiger partial charge in [0, 0.05) is 21.9 Å². The van der Waals surface area contributed by atoms with Crippen LogP contribution in [0.25, 0.3) is 33.1 Å². The Morgan fingerprint density at radius 2 is 1.00 bits per heavy atom. The third-order valence-electron chi connectivity index (χ3n) is 5.02. The number of furan rings is 2. The minimum atomic E-state index is -0.200. The summed E-state index contributed by atoms with van der Waals surface area (Å²) in [6, 6.07) is 15.0. The summed E-state index contributed by atoms with van der Waals surface area (Å²) in [4.78, 5) is 25.5. The first-order valence-corrected chi connectivity index (χ1v) is 8.28. The molecule has 4 nitrogen and oxygen atoms in total.